The van der Waals surface area contributed by atoms with Crippen LogP contribution in [0.5, 0.6) is 0 Å². The quantitative estimate of drug-likeness (QED) is 0.717. The highest BCUT2D eigenvalue weighted by Crippen LogP contribution is 2.19. The molecule has 0 spiro atoms. The summed E-state index contributed by atoms with van der Waals surface area (Å²) in [4.78, 5) is 22.9. The van der Waals surface area contributed by atoms with Gasteiger partial charge in [0.25, 0.3) is 5.56 Å². The number of carbonyl (C=O) groups excluding carboxylic acids is 1. The molecule has 1 aromatic heterocycles. The van der Waals surface area contributed by atoms with Crippen molar-refractivity contribution in [2.75, 3.05) is 11.1 Å². The van der Waals surface area contributed by atoms with Gasteiger partial charge in [0.2, 0.25) is 5.91 Å². The third kappa shape index (κ3) is 3.19. The predicted octanol–water partition coefficient (Wildman–Crippen LogP) is 1.09. The number of nitrogens with two attached hydrogens (primary N) is 1. The van der Waals surface area contributed by atoms with Gasteiger partial charge in [-0.3, -0.25) is 9.59 Å². The number of anilines is 2. The molecule has 1 atom stereocenters. The van der Waals surface area contributed by atoms with Crippen molar-refractivity contribution in [3.63, 3.8) is 0 Å². The lowest BCUT2D eigenvalue weighted by Crippen LogP contribution is -2.20. The average Bonchev–Trinajstić information content (AvgIpc) is 2.40. The zero-order valence-electron chi connectivity index (χ0n) is 10.4. The molecule has 0 radical (unpaired) electrons. The lowest BCUT2D eigenvalue weighted by molar-refractivity contribution is -0.117. The first-order valence-electron chi connectivity index (χ1n) is 5.78. The maximum absolute atomic E-state index is 12.0. The highest BCUT2D eigenvalue weighted by Gasteiger charge is 2.15. The standard InChI is InChI=1S/C13H14N4O2/c1-8(9-3-2-4-10(14)7-9)13(19)15-11-5-6-12(18)17-16-11/h2-8H,14H2,1H3,(H,17,18)(H,15,16,19). The molecule has 0 aliphatic heterocycles. The van der Waals surface area contributed by atoms with E-state index in [1.807, 2.05) is 6.07 Å². The number of aromatic amines is 1. The second kappa shape index (κ2) is 5.34. The average molecular weight is 258 g/mol. The fourth-order valence-electron chi connectivity index (χ4n) is 1.63. The second-order valence-electron chi connectivity index (χ2n) is 4.19. The molecule has 19 heavy (non-hydrogen) atoms. The summed E-state index contributed by atoms with van der Waals surface area (Å²) in [5.41, 5.74) is 6.80. The Bertz CT molecular complexity index is 631. The van der Waals surface area contributed by atoms with Gasteiger partial charge in [-0.1, -0.05) is 12.1 Å². The van der Waals surface area contributed by atoms with Gasteiger partial charge < -0.3 is 11.1 Å². The van der Waals surface area contributed by atoms with Crippen LogP contribution in [0, 0.1) is 0 Å². The van der Waals surface area contributed by atoms with E-state index < -0.39 is 0 Å². The van der Waals surface area contributed by atoms with E-state index in [0.717, 1.165) is 5.56 Å². The molecule has 0 bridgehead atoms. The summed E-state index contributed by atoms with van der Waals surface area (Å²) in [6.45, 7) is 1.77. The lowest BCUT2D eigenvalue weighted by Gasteiger charge is -2.12. The third-order valence-electron chi connectivity index (χ3n) is 2.73. The van der Waals surface area contributed by atoms with Crippen molar-refractivity contribution in [2.45, 2.75) is 12.8 Å². The number of hydrogen-bond acceptors (Lipinski definition) is 4. The van der Waals surface area contributed by atoms with Gasteiger partial charge in [0.05, 0.1) is 5.92 Å². The van der Waals surface area contributed by atoms with Crippen LogP contribution in [0.25, 0.3) is 0 Å². The van der Waals surface area contributed by atoms with Gasteiger partial charge in [0.1, 0.15) is 0 Å². The van der Waals surface area contributed by atoms with Gasteiger partial charge in [0, 0.05) is 11.8 Å². The molecule has 1 heterocycles. The van der Waals surface area contributed by atoms with Crippen LogP contribution in [0.1, 0.15) is 18.4 Å². The molecule has 0 saturated carbocycles. The van der Waals surface area contributed by atoms with Crippen molar-refractivity contribution < 1.29 is 4.79 Å². The summed E-state index contributed by atoms with van der Waals surface area (Å²) in [7, 11) is 0. The molecule has 0 aliphatic rings. The van der Waals surface area contributed by atoms with Crippen molar-refractivity contribution in [1.82, 2.24) is 10.2 Å². The SMILES string of the molecule is CC(C(=O)Nc1ccc(=O)[nH]n1)c1cccc(N)c1. The van der Waals surface area contributed by atoms with E-state index in [1.54, 1.807) is 25.1 Å². The van der Waals surface area contributed by atoms with Crippen molar-refractivity contribution in [3.05, 3.63) is 52.3 Å². The van der Waals surface area contributed by atoms with E-state index in [9.17, 15) is 9.59 Å². The molecule has 1 amide bonds. The summed E-state index contributed by atoms with van der Waals surface area (Å²) < 4.78 is 0. The fourth-order valence-corrected chi connectivity index (χ4v) is 1.63. The fraction of sp³-hybridized carbons (Fsp3) is 0.154. The number of rotatable bonds is 3. The molecule has 1 aromatic carbocycles. The van der Waals surface area contributed by atoms with Crippen LogP contribution >= 0.6 is 0 Å². The summed E-state index contributed by atoms with van der Waals surface area (Å²) in [6, 6.07) is 9.90. The number of hydrogen-bond donors (Lipinski definition) is 3. The Kier molecular flexibility index (Phi) is 3.61. The molecule has 0 aliphatic carbocycles. The Balaban J connectivity index is 2.11. The van der Waals surface area contributed by atoms with Gasteiger partial charge in [-0.2, -0.15) is 5.10 Å². The smallest absolute Gasteiger partial charge is 0.264 e. The third-order valence-corrected chi connectivity index (χ3v) is 2.73. The second-order valence-corrected chi connectivity index (χ2v) is 4.19. The Morgan fingerprint density at radius 1 is 1.37 bits per heavy atom. The van der Waals surface area contributed by atoms with Gasteiger partial charge in [0.15, 0.2) is 5.82 Å². The first-order chi connectivity index (χ1) is 9.06. The Morgan fingerprint density at radius 2 is 2.16 bits per heavy atom. The molecule has 1 unspecified atom stereocenters. The van der Waals surface area contributed by atoms with Crippen LogP contribution in [0.15, 0.2) is 41.2 Å². The highest BCUT2D eigenvalue weighted by molar-refractivity contribution is 5.94. The number of nitrogens with one attached hydrogen (secondary N) is 2. The minimum Gasteiger partial charge on any atom is -0.399 e. The zero-order valence-corrected chi connectivity index (χ0v) is 10.4. The minimum atomic E-state index is -0.364. The van der Waals surface area contributed by atoms with E-state index in [-0.39, 0.29) is 17.4 Å². The van der Waals surface area contributed by atoms with E-state index in [2.05, 4.69) is 15.5 Å². The number of carbonyl (C=O) groups is 1. The number of nitrogen functional groups attached to an aromatic ring is 1. The van der Waals surface area contributed by atoms with Crippen LogP contribution in [-0.2, 0) is 4.79 Å². The van der Waals surface area contributed by atoms with Crippen molar-refractivity contribution in [2.24, 2.45) is 0 Å². The van der Waals surface area contributed by atoms with Crippen molar-refractivity contribution in [1.29, 1.82) is 0 Å². The minimum absolute atomic E-state index is 0.217. The zero-order chi connectivity index (χ0) is 13.8. The van der Waals surface area contributed by atoms with Gasteiger partial charge in [-0.15, -0.1) is 0 Å². The van der Waals surface area contributed by atoms with E-state index in [1.165, 1.54) is 12.1 Å². The van der Waals surface area contributed by atoms with Crippen molar-refractivity contribution >= 4 is 17.4 Å². The van der Waals surface area contributed by atoms with Crippen LogP contribution in [0.3, 0.4) is 0 Å². The van der Waals surface area contributed by atoms with Crippen LogP contribution in [-0.4, -0.2) is 16.1 Å². The van der Waals surface area contributed by atoms with Gasteiger partial charge >= 0.3 is 0 Å². The van der Waals surface area contributed by atoms with Gasteiger partial charge in [-0.05, 0) is 30.7 Å². The normalized spacial score (nSPS) is 11.8. The molecule has 0 saturated heterocycles. The van der Waals surface area contributed by atoms with E-state index in [4.69, 9.17) is 5.73 Å². The molecule has 2 aromatic rings. The first-order valence-corrected chi connectivity index (χ1v) is 5.78. The molecule has 2 rings (SSSR count). The molecular formula is C13H14N4O2. The summed E-state index contributed by atoms with van der Waals surface area (Å²) in [6.07, 6.45) is 0. The van der Waals surface area contributed by atoms with E-state index >= 15 is 0 Å². The molecule has 6 heteroatoms. The molecule has 6 nitrogen and oxygen atoms in total. The number of aromatic nitrogens is 2. The largest absolute Gasteiger partial charge is 0.399 e. The van der Waals surface area contributed by atoms with Crippen LogP contribution in [0.4, 0.5) is 11.5 Å². The number of benzene rings is 1. The Hall–Kier alpha value is -2.63. The summed E-state index contributed by atoms with van der Waals surface area (Å²) >= 11 is 0. The van der Waals surface area contributed by atoms with Crippen molar-refractivity contribution in [3.8, 4) is 0 Å². The summed E-state index contributed by atoms with van der Waals surface area (Å²) in [5.74, 6) is -0.275. The van der Waals surface area contributed by atoms with Gasteiger partial charge in [-0.25, -0.2) is 5.10 Å². The van der Waals surface area contributed by atoms with Crippen LogP contribution in [0.2, 0.25) is 0 Å². The number of amides is 1. The first kappa shape index (κ1) is 12.8. The topological polar surface area (TPSA) is 101 Å². The Labute approximate surface area is 109 Å². The number of nitrogens with zero attached hydrogens (tertiary/aromatic N) is 1. The van der Waals surface area contributed by atoms with Crippen LogP contribution < -0.4 is 16.6 Å². The highest BCUT2D eigenvalue weighted by atomic mass is 16.2. The lowest BCUT2D eigenvalue weighted by atomic mass is 10.00. The maximum Gasteiger partial charge on any atom is 0.264 e. The molecule has 0 fully saturated rings. The van der Waals surface area contributed by atoms with E-state index in [0.29, 0.717) is 11.5 Å². The molecule has 98 valence electrons. The molecular weight excluding hydrogens is 244 g/mol. The number of H-pyrrole nitrogens is 1. The Morgan fingerprint density at radius 3 is 2.79 bits per heavy atom. The summed E-state index contributed by atoms with van der Waals surface area (Å²) in [5, 5.41) is 8.60. The molecule has 4 N–H and O–H groups in total. The maximum atomic E-state index is 12.0. The predicted molar refractivity (Wildman–Crippen MR) is 72.8 cm³/mol. The monoisotopic (exact) mass is 258 g/mol.